The summed E-state index contributed by atoms with van der Waals surface area (Å²) in [7, 11) is 0. The van der Waals surface area contributed by atoms with Gasteiger partial charge >= 0.3 is 11.6 Å². The molecule has 0 spiro atoms. The molecule has 2 aromatic heterocycles. The highest BCUT2D eigenvalue weighted by Crippen LogP contribution is 2.30. The highest BCUT2D eigenvalue weighted by molar-refractivity contribution is 5.65. The molecule has 0 radical (unpaired) electrons. The minimum atomic E-state index is -0.908. The van der Waals surface area contributed by atoms with Gasteiger partial charge in [0.05, 0.1) is 0 Å². The number of nitro groups is 2. The molecule has 3 N–H and O–H groups in total. The van der Waals surface area contributed by atoms with Crippen LogP contribution in [0.3, 0.4) is 0 Å². The van der Waals surface area contributed by atoms with Gasteiger partial charge in [0.2, 0.25) is 11.5 Å². The first kappa shape index (κ1) is 11.4. The molecular weight excluding hydrogens is 250 g/mol. The molecule has 13 heteroatoms. The quantitative estimate of drug-likeness (QED) is 0.502. The molecular formula is C5H5N9O4. The molecule has 2 aromatic rings. The summed E-state index contributed by atoms with van der Waals surface area (Å²) in [6, 6.07) is 0. The highest BCUT2D eigenvalue weighted by atomic mass is 16.6. The molecule has 0 aliphatic rings. The lowest BCUT2D eigenvalue weighted by Crippen LogP contribution is -2.08. The fourth-order valence-corrected chi connectivity index (χ4v) is 1.28. The molecule has 0 aromatic carbocycles. The lowest BCUT2D eigenvalue weighted by atomic mass is 10.5. The van der Waals surface area contributed by atoms with Crippen LogP contribution in [-0.2, 0) is 6.54 Å². The lowest BCUT2D eigenvalue weighted by Gasteiger charge is -1.93. The number of rotatable bonds is 4. The number of H-pyrrole nitrogens is 1. The fraction of sp³-hybridized carbons (Fsp3) is 0.200. The SMILES string of the molecule is Nc1c([N+](=O)[O-])nn(Cc2nn[nH]n2)c1[N+](=O)[O-]. The minimum absolute atomic E-state index is 0.0792. The van der Waals surface area contributed by atoms with Crippen molar-refractivity contribution in [1.82, 2.24) is 30.4 Å². The predicted octanol–water partition coefficient (Wildman–Crippen LogP) is -1.16. The van der Waals surface area contributed by atoms with E-state index in [2.05, 4.69) is 25.7 Å². The Balaban J connectivity index is 2.49. The number of anilines is 1. The van der Waals surface area contributed by atoms with Gasteiger partial charge in [-0.2, -0.15) is 5.21 Å². The zero-order valence-electron chi connectivity index (χ0n) is 8.55. The molecule has 0 bridgehead atoms. The number of tetrazole rings is 1. The standard InChI is InChI=1S/C5H5N9O4/c6-3-4(13(15)16)9-12(5(3)14(17)18)1-2-7-10-11-8-2/h1,6H2,(H,7,8,10,11). The summed E-state index contributed by atoms with van der Waals surface area (Å²) in [4.78, 5) is 19.6. The molecule has 0 aliphatic heterocycles. The van der Waals surface area contributed by atoms with E-state index >= 15 is 0 Å². The Hall–Kier alpha value is -3.12. The van der Waals surface area contributed by atoms with Gasteiger partial charge in [-0.15, -0.1) is 10.2 Å². The van der Waals surface area contributed by atoms with Gasteiger partial charge in [-0.1, -0.05) is 5.21 Å². The summed E-state index contributed by atoms with van der Waals surface area (Å²) in [5.74, 6) is -1.40. The molecule has 0 aliphatic carbocycles. The smallest absolute Gasteiger partial charge is 0.385 e. The summed E-state index contributed by atoms with van der Waals surface area (Å²) < 4.78 is 0.734. The largest absolute Gasteiger partial charge is 0.443 e. The van der Waals surface area contributed by atoms with Crippen molar-refractivity contribution in [2.24, 2.45) is 0 Å². The van der Waals surface area contributed by atoms with E-state index in [1.54, 1.807) is 0 Å². The third kappa shape index (κ3) is 1.79. The minimum Gasteiger partial charge on any atom is -0.385 e. The van der Waals surface area contributed by atoms with Gasteiger partial charge in [-0.05, 0) is 14.5 Å². The van der Waals surface area contributed by atoms with Crippen LogP contribution in [-0.4, -0.2) is 40.3 Å². The van der Waals surface area contributed by atoms with Crippen LogP contribution in [0.25, 0.3) is 0 Å². The molecule has 0 saturated carbocycles. The van der Waals surface area contributed by atoms with E-state index in [4.69, 9.17) is 5.73 Å². The second-order valence-electron chi connectivity index (χ2n) is 3.06. The molecule has 0 amide bonds. The van der Waals surface area contributed by atoms with E-state index in [0.29, 0.717) is 0 Å². The Morgan fingerprint density at radius 3 is 2.56 bits per heavy atom. The molecule has 2 rings (SSSR count). The lowest BCUT2D eigenvalue weighted by molar-refractivity contribution is -0.393. The van der Waals surface area contributed by atoms with E-state index in [1.807, 2.05) is 0 Å². The number of nitrogen functional groups attached to an aromatic ring is 1. The Bertz CT molecular complexity index is 601. The van der Waals surface area contributed by atoms with Crippen LogP contribution in [0.5, 0.6) is 0 Å². The van der Waals surface area contributed by atoms with Crippen molar-refractivity contribution in [3.8, 4) is 0 Å². The summed E-state index contributed by atoms with van der Waals surface area (Å²) in [5.41, 5.74) is 4.69. The molecule has 94 valence electrons. The fourth-order valence-electron chi connectivity index (χ4n) is 1.28. The Morgan fingerprint density at radius 2 is 2.06 bits per heavy atom. The number of hydrogen-bond acceptors (Lipinski definition) is 9. The first-order valence-electron chi connectivity index (χ1n) is 4.38. The van der Waals surface area contributed by atoms with E-state index < -0.39 is 27.2 Å². The first-order chi connectivity index (χ1) is 8.50. The molecule has 0 atom stereocenters. The third-order valence-electron chi connectivity index (χ3n) is 1.97. The van der Waals surface area contributed by atoms with Gasteiger partial charge in [-0.25, -0.2) is 0 Å². The first-order valence-corrected chi connectivity index (χ1v) is 4.38. The van der Waals surface area contributed by atoms with Crippen molar-refractivity contribution in [2.45, 2.75) is 6.54 Å². The number of nitrogens with two attached hydrogens (primary N) is 1. The van der Waals surface area contributed by atoms with Gasteiger partial charge in [0.25, 0.3) is 0 Å². The molecule has 0 saturated heterocycles. The van der Waals surface area contributed by atoms with Crippen molar-refractivity contribution >= 4 is 17.3 Å². The Labute approximate surface area is 96.9 Å². The average Bonchev–Trinajstić information content (AvgIpc) is 2.86. The van der Waals surface area contributed by atoms with Crippen LogP contribution in [0.4, 0.5) is 17.3 Å². The molecule has 2 heterocycles. The van der Waals surface area contributed by atoms with Gasteiger partial charge in [-0.3, -0.25) is 0 Å². The third-order valence-corrected chi connectivity index (χ3v) is 1.97. The predicted molar refractivity (Wildman–Crippen MR) is 53.2 cm³/mol. The maximum atomic E-state index is 10.8. The van der Waals surface area contributed by atoms with E-state index in [-0.39, 0.29) is 12.4 Å². The van der Waals surface area contributed by atoms with E-state index in [9.17, 15) is 20.2 Å². The van der Waals surface area contributed by atoms with Crippen LogP contribution >= 0.6 is 0 Å². The number of nitrogens with one attached hydrogen (secondary N) is 1. The van der Waals surface area contributed by atoms with Gasteiger partial charge in [0, 0.05) is 0 Å². The maximum Gasteiger partial charge on any atom is 0.443 e. The number of nitrogens with zero attached hydrogens (tertiary/aromatic N) is 7. The van der Waals surface area contributed by atoms with E-state index in [0.717, 1.165) is 4.68 Å². The summed E-state index contributed by atoms with van der Waals surface area (Å²) in [6.07, 6.45) is 0. The summed E-state index contributed by atoms with van der Waals surface area (Å²) in [5, 5.41) is 37.3. The van der Waals surface area contributed by atoms with Crippen molar-refractivity contribution in [2.75, 3.05) is 5.73 Å². The van der Waals surface area contributed by atoms with Crippen LogP contribution < -0.4 is 5.73 Å². The summed E-state index contributed by atoms with van der Waals surface area (Å²) in [6.45, 7) is -0.259. The number of hydrogen-bond donors (Lipinski definition) is 2. The van der Waals surface area contributed by atoms with E-state index in [1.165, 1.54) is 0 Å². The zero-order valence-corrected chi connectivity index (χ0v) is 8.55. The van der Waals surface area contributed by atoms with Crippen LogP contribution in [0.15, 0.2) is 0 Å². The average molecular weight is 255 g/mol. The van der Waals surface area contributed by atoms with Crippen LogP contribution in [0.2, 0.25) is 0 Å². The zero-order chi connectivity index (χ0) is 13.3. The Kier molecular flexibility index (Phi) is 2.55. The van der Waals surface area contributed by atoms with Crippen molar-refractivity contribution in [3.63, 3.8) is 0 Å². The second-order valence-corrected chi connectivity index (χ2v) is 3.06. The highest BCUT2D eigenvalue weighted by Gasteiger charge is 2.35. The molecule has 18 heavy (non-hydrogen) atoms. The van der Waals surface area contributed by atoms with Crippen molar-refractivity contribution in [3.05, 3.63) is 26.1 Å². The van der Waals surface area contributed by atoms with Gasteiger partial charge < -0.3 is 26.0 Å². The van der Waals surface area contributed by atoms with Gasteiger partial charge in [0.15, 0.2) is 11.6 Å². The summed E-state index contributed by atoms with van der Waals surface area (Å²) >= 11 is 0. The number of aromatic nitrogens is 6. The monoisotopic (exact) mass is 255 g/mol. The normalized spacial score (nSPS) is 10.4. The van der Waals surface area contributed by atoms with Gasteiger partial charge in [0.1, 0.15) is 0 Å². The molecule has 13 nitrogen and oxygen atoms in total. The van der Waals surface area contributed by atoms with Crippen molar-refractivity contribution < 1.29 is 9.85 Å². The topological polar surface area (TPSA) is 185 Å². The van der Waals surface area contributed by atoms with Crippen LogP contribution in [0.1, 0.15) is 5.82 Å². The Morgan fingerprint density at radius 1 is 1.33 bits per heavy atom. The number of aromatic amines is 1. The molecule has 0 unspecified atom stereocenters. The van der Waals surface area contributed by atoms with Crippen LogP contribution in [0, 0.1) is 20.2 Å². The second kappa shape index (κ2) is 4.04. The molecule has 0 fully saturated rings. The van der Waals surface area contributed by atoms with Crippen molar-refractivity contribution in [1.29, 1.82) is 0 Å². The maximum absolute atomic E-state index is 10.8.